The van der Waals surface area contributed by atoms with Gasteiger partial charge < -0.3 is 24.8 Å². The Morgan fingerprint density at radius 2 is 1.96 bits per heavy atom. The number of carbonyl (C=O) groups excluding carboxylic acids is 3. The van der Waals surface area contributed by atoms with Gasteiger partial charge in [0.2, 0.25) is 0 Å². The zero-order valence-corrected chi connectivity index (χ0v) is 15.3. The van der Waals surface area contributed by atoms with Gasteiger partial charge in [-0.25, -0.2) is 0 Å². The Bertz CT molecular complexity index is 836. The molecule has 142 valence electrons. The van der Waals surface area contributed by atoms with E-state index in [1.807, 2.05) is 0 Å². The number of esters is 1. The van der Waals surface area contributed by atoms with Crippen LogP contribution in [0.2, 0.25) is 0 Å². The zero-order chi connectivity index (χ0) is 19.2. The van der Waals surface area contributed by atoms with Crippen LogP contribution < -0.4 is 20.1 Å². The summed E-state index contributed by atoms with van der Waals surface area (Å²) in [5.41, 5.74) is 0.498. The summed E-state index contributed by atoms with van der Waals surface area (Å²) in [6, 6.07) is 8.39. The smallest absolute Gasteiger partial charge is 0.326 e. The first-order chi connectivity index (χ1) is 13.0. The number of hydrogen-bond acceptors (Lipinski definition) is 7. The minimum atomic E-state index is -1.02. The Kier molecular flexibility index (Phi) is 5.92. The molecule has 1 aliphatic heterocycles. The molecule has 0 saturated heterocycles. The Hall–Kier alpha value is -3.07. The summed E-state index contributed by atoms with van der Waals surface area (Å²) >= 11 is 1.27. The van der Waals surface area contributed by atoms with E-state index in [4.69, 9.17) is 14.2 Å². The van der Waals surface area contributed by atoms with Crippen molar-refractivity contribution in [2.24, 2.45) is 0 Å². The van der Waals surface area contributed by atoms with Crippen LogP contribution in [0.1, 0.15) is 16.6 Å². The van der Waals surface area contributed by atoms with E-state index in [2.05, 4.69) is 10.6 Å². The Balaban J connectivity index is 1.47. The first-order valence-corrected chi connectivity index (χ1v) is 9.12. The maximum atomic E-state index is 12.2. The van der Waals surface area contributed by atoms with Crippen LogP contribution in [0.25, 0.3) is 0 Å². The molecule has 0 radical (unpaired) electrons. The van der Waals surface area contributed by atoms with Crippen LogP contribution in [-0.2, 0) is 14.3 Å². The molecule has 1 aromatic heterocycles. The molecule has 2 aromatic rings. The predicted molar refractivity (Wildman–Crippen MR) is 98.3 cm³/mol. The summed E-state index contributed by atoms with van der Waals surface area (Å²) < 4.78 is 15.9. The molecule has 0 fully saturated rings. The summed E-state index contributed by atoms with van der Waals surface area (Å²) in [5.74, 6) is -0.412. The lowest BCUT2D eigenvalue weighted by Gasteiger charge is -2.19. The van der Waals surface area contributed by atoms with Crippen molar-refractivity contribution in [1.29, 1.82) is 0 Å². The molecule has 27 heavy (non-hydrogen) atoms. The maximum Gasteiger partial charge on any atom is 0.326 e. The van der Waals surface area contributed by atoms with Crippen LogP contribution >= 0.6 is 11.3 Å². The van der Waals surface area contributed by atoms with E-state index in [0.29, 0.717) is 35.3 Å². The van der Waals surface area contributed by atoms with E-state index in [0.717, 1.165) is 0 Å². The van der Waals surface area contributed by atoms with E-state index in [1.54, 1.807) is 35.7 Å². The first kappa shape index (κ1) is 18.7. The van der Waals surface area contributed by atoms with E-state index in [9.17, 15) is 14.4 Å². The molecule has 0 spiro atoms. The van der Waals surface area contributed by atoms with Crippen molar-refractivity contribution in [2.75, 3.05) is 25.1 Å². The molecule has 0 aliphatic carbocycles. The molecule has 2 heterocycles. The van der Waals surface area contributed by atoms with Gasteiger partial charge >= 0.3 is 5.97 Å². The Labute approximate surface area is 159 Å². The number of amides is 2. The monoisotopic (exact) mass is 390 g/mol. The molecule has 2 amide bonds. The van der Waals surface area contributed by atoms with E-state index >= 15 is 0 Å². The van der Waals surface area contributed by atoms with E-state index in [1.165, 1.54) is 18.3 Å². The highest BCUT2D eigenvalue weighted by atomic mass is 32.1. The molecule has 1 aliphatic rings. The normalized spacial score (nSPS) is 13.4. The third-order valence-corrected chi connectivity index (χ3v) is 4.49. The van der Waals surface area contributed by atoms with Crippen molar-refractivity contribution < 1.29 is 28.6 Å². The fraction of sp³-hybridized carbons (Fsp3) is 0.278. The Morgan fingerprint density at radius 3 is 2.70 bits per heavy atom. The van der Waals surface area contributed by atoms with Crippen LogP contribution in [0.4, 0.5) is 5.69 Å². The van der Waals surface area contributed by atoms with Gasteiger partial charge in [-0.2, -0.15) is 0 Å². The van der Waals surface area contributed by atoms with Crippen LogP contribution in [0.3, 0.4) is 0 Å². The van der Waals surface area contributed by atoms with E-state index in [-0.39, 0.29) is 12.5 Å². The van der Waals surface area contributed by atoms with Crippen molar-refractivity contribution in [2.45, 2.75) is 13.0 Å². The molecule has 2 N–H and O–H groups in total. The number of benzene rings is 1. The lowest BCUT2D eigenvalue weighted by Crippen LogP contribution is -2.35. The molecule has 0 saturated carbocycles. The van der Waals surface area contributed by atoms with Gasteiger partial charge in [-0.3, -0.25) is 14.4 Å². The number of anilines is 1. The topological polar surface area (TPSA) is 103 Å². The first-order valence-electron chi connectivity index (χ1n) is 8.24. The quantitative estimate of drug-likeness (QED) is 0.730. The van der Waals surface area contributed by atoms with Gasteiger partial charge in [0.05, 0.1) is 4.88 Å². The SMILES string of the molecule is C[C@@H](OC(=O)CNC(=O)c1cccs1)C(=O)Nc1ccc2c(c1)OCCO2. The summed E-state index contributed by atoms with van der Waals surface area (Å²) in [6.07, 6.45) is -1.02. The molecule has 0 bridgehead atoms. The molecular formula is C18H18N2O6S. The van der Waals surface area contributed by atoms with Gasteiger partial charge in [0.15, 0.2) is 17.6 Å². The van der Waals surface area contributed by atoms with Gasteiger partial charge in [0, 0.05) is 11.8 Å². The molecule has 1 atom stereocenters. The summed E-state index contributed by atoms with van der Waals surface area (Å²) in [5, 5.41) is 6.86. The fourth-order valence-electron chi connectivity index (χ4n) is 2.30. The molecule has 1 aromatic carbocycles. The van der Waals surface area contributed by atoms with Crippen molar-refractivity contribution in [3.63, 3.8) is 0 Å². The number of fused-ring (bicyclic) bond motifs is 1. The number of thiophene rings is 1. The molecule has 0 unspecified atom stereocenters. The van der Waals surface area contributed by atoms with Crippen LogP contribution in [0.15, 0.2) is 35.7 Å². The number of ether oxygens (including phenoxy) is 3. The van der Waals surface area contributed by atoms with Crippen LogP contribution in [-0.4, -0.2) is 43.6 Å². The van der Waals surface area contributed by atoms with Crippen molar-refractivity contribution in [3.05, 3.63) is 40.6 Å². The van der Waals surface area contributed by atoms with Crippen LogP contribution in [0.5, 0.6) is 11.5 Å². The summed E-state index contributed by atoms with van der Waals surface area (Å²) in [4.78, 5) is 36.3. The third-order valence-electron chi connectivity index (χ3n) is 3.63. The minimum absolute atomic E-state index is 0.321. The number of hydrogen-bond donors (Lipinski definition) is 2. The molecular weight excluding hydrogens is 372 g/mol. The summed E-state index contributed by atoms with van der Waals surface area (Å²) in [7, 11) is 0. The van der Waals surface area contributed by atoms with Gasteiger partial charge in [0.1, 0.15) is 19.8 Å². The zero-order valence-electron chi connectivity index (χ0n) is 14.5. The fourth-order valence-corrected chi connectivity index (χ4v) is 2.94. The lowest BCUT2D eigenvalue weighted by molar-refractivity contribution is -0.152. The highest BCUT2D eigenvalue weighted by Crippen LogP contribution is 2.32. The molecule has 3 rings (SSSR count). The molecule has 9 heteroatoms. The van der Waals surface area contributed by atoms with Crippen molar-refractivity contribution >= 4 is 34.8 Å². The van der Waals surface area contributed by atoms with Gasteiger partial charge in [-0.1, -0.05) is 6.07 Å². The highest BCUT2D eigenvalue weighted by Gasteiger charge is 2.20. The number of carbonyl (C=O) groups is 3. The number of rotatable bonds is 6. The predicted octanol–water partition coefficient (Wildman–Crippen LogP) is 1.82. The van der Waals surface area contributed by atoms with Crippen molar-refractivity contribution in [1.82, 2.24) is 5.32 Å². The second kappa shape index (κ2) is 8.54. The second-order valence-corrected chi connectivity index (χ2v) is 6.59. The highest BCUT2D eigenvalue weighted by molar-refractivity contribution is 7.12. The molecule has 8 nitrogen and oxygen atoms in total. The average Bonchev–Trinajstić information content (AvgIpc) is 3.21. The van der Waals surface area contributed by atoms with Gasteiger partial charge in [-0.15, -0.1) is 11.3 Å². The average molecular weight is 390 g/mol. The lowest BCUT2D eigenvalue weighted by atomic mass is 10.2. The van der Waals surface area contributed by atoms with Gasteiger partial charge in [0.25, 0.3) is 11.8 Å². The minimum Gasteiger partial charge on any atom is -0.486 e. The van der Waals surface area contributed by atoms with Crippen LogP contribution in [0, 0.1) is 0 Å². The largest absolute Gasteiger partial charge is 0.486 e. The van der Waals surface area contributed by atoms with Gasteiger partial charge in [-0.05, 0) is 30.5 Å². The maximum absolute atomic E-state index is 12.2. The van der Waals surface area contributed by atoms with Crippen molar-refractivity contribution in [3.8, 4) is 11.5 Å². The van der Waals surface area contributed by atoms with E-state index < -0.39 is 18.0 Å². The second-order valence-electron chi connectivity index (χ2n) is 5.64. The summed E-state index contributed by atoms with van der Waals surface area (Å²) in [6.45, 7) is 2.05. The Morgan fingerprint density at radius 1 is 1.19 bits per heavy atom. The standard InChI is InChI=1S/C18H18N2O6S/c1-11(26-16(21)10-19-18(23)15-3-2-8-27-15)17(22)20-12-4-5-13-14(9-12)25-7-6-24-13/h2-5,8-9,11H,6-7,10H2,1H3,(H,19,23)(H,20,22)/t11-/m1/s1. The number of nitrogens with one attached hydrogen (secondary N) is 2. The third kappa shape index (κ3) is 4.98.